The summed E-state index contributed by atoms with van der Waals surface area (Å²) in [5, 5.41) is 10.6. The Morgan fingerprint density at radius 1 is 1.28 bits per heavy atom. The minimum atomic E-state index is -0.382. The Hall–Kier alpha value is -1.11. The Morgan fingerprint density at radius 2 is 1.83 bits per heavy atom. The summed E-state index contributed by atoms with van der Waals surface area (Å²) in [5.74, 6) is 0. The molecule has 0 amide bonds. The Labute approximate surface area is 110 Å². The fourth-order valence-corrected chi connectivity index (χ4v) is 3.11. The molecule has 0 aliphatic carbocycles. The Balaban J connectivity index is 1.98. The fourth-order valence-electron chi connectivity index (χ4n) is 1.98. The standard InChI is InChI=1S/C12H16N2O3S/c1-9-7-13(8-10(2)17-9)18-12-5-3-11(4-6-12)14(15)16/h3-6,9-10H,7-8H2,1-2H3/t9-,10+. The summed E-state index contributed by atoms with van der Waals surface area (Å²) in [6.45, 7) is 5.84. The normalized spacial score (nSPS) is 25.0. The van der Waals surface area contributed by atoms with Crippen molar-refractivity contribution in [2.24, 2.45) is 0 Å². The average Bonchev–Trinajstić information content (AvgIpc) is 2.28. The molecule has 98 valence electrons. The van der Waals surface area contributed by atoms with Gasteiger partial charge < -0.3 is 4.74 Å². The van der Waals surface area contributed by atoms with Crippen LogP contribution in [-0.4, -0.2) is 34.5 Å². The molecule has 2 atom stereocenters. The second-order valence-corrected chi connectivity index (χ2v) is 5.62. The van der Waals surface area contributed by atoms with Crippen molar-refractivity contribution in [3.63, 3.8) is 0 Å². The van der Waals surface area contributed by atoms with Gasteiger partial charge in [0.1, 0.15) is 0 Å². The lowest BCUT2D eigenvalue weighted by atomic mass is 10.3. The molecule has 6 heteroatoms. The number of nitro groups is 1. The number of morpholine rings is 1. The van der Waals surface area contributed by atoms with Gasteiger partial charge in [-0.2, -0.15) is 0 Å². The molecule has 0 saturated carbocycles. The molecule has 0 bridgehead atoms. The predicted molar refractivity (Wildman–Crippen MR) is 70.5 cm³/mol. The molecule has 1 aromatic rings. The maximum absolute atomic E-state index is 10.6. The summed E-state index contributed by atoms with van der Waals surface area (Å²) >= 11 is 1.62. The topological polar surface area (TPSA) is 55.6 Å². The van der Waals surface area contributed by atoms with E-state index in [2.05, 4.69) is 18.2 Å². The van der Waals surface area contributed by atoms with Crippen LogP contribution >= 0.6 is 11.9 Å². The fraction of sp³-hybridized carbons (Fsp3) is 0.500. The van der Waals surface area contributed by atoms with Gasteiger partial charge in [-0.05, 0) is 37.9 Å². The van der Waals surface area contributed by atoms with Crippen LogP contribution in [-0.2, 0) is 4.74 Å². The SMILES string of the molecule is C[C@@H]1CN(Sc2ccc([N+](=O)[O-])cc2)C[C@H](C)O1. The minimum Gasteiger partial charge on any atom is -0.373 e. The third kappa shape index (κ3) is 3.44. The zero-order chi connectivity index (χ0) is 13.1. The molecule has 1 aliphatic heterocycles. The summed E-state index contributed by atoms with van der Waals surface area (Å²) in [5.41, 5.74) is 0.128. The summed E-state index contributed by atoms with van der Waals surface area (Å²) in [4.78, 5) is 11.2. The van der Waals surface area contributed by atoms with E-state index in [-0.39, 0.29) is 22.8 Å². The maximum Gasteiger partial charge on any atom is 0.269 e. The summed E-state index contributed by atoms with van der Waals surface area (Å²) in [7, 11) is 0. The highest BCUT2D eigenvalue weighted by Crippen LogP contribution is 2.27. The number of nitro benzene ring substituents is 1. The molecule has 0 radical (unpaired) electrons. The van der Waals surface area contributed by atoms with Crippen LogP contribution in [0.1, 0.15) is 13.8 Å². The van der Waals surface area contributed by atoms with Crippen molar-refractivity contribution in [3.05, 3.63) is 34.4 Å². The van der Waals surface area contributed by atoms with Crippen LogP contribution < -0.4 is 0 Å². The van der Waals surface area contributed by atoms with Crippen molar-refractivity contribution in [1.82, 2.24) is 4.31 Å². The zero-order valence-corrected chi connectivity index (χ0v) is 11.2. The highest BCUT2D eigenvalue weighted by molar-refractivity contribution is 7.97. The monoisotopic (exact) mass is 268 g/mol. The second kappa shape index (κ2) is 5.69. The van der Waals surface area contributed by atoms with Crippen LogP contribution in [0.3, 0.4) is 0 Å². The van der Waals surface area contributed by atoms with Gasteiger partial charge in [0.15, 0.2) is 0 Å². The molecule has 1 fully saturated rings. The lowest BCUT2D eigenvalue weighted by molar-refractivity contribution is -0.384. The van der Waals surface area contributed by atoms with Gasteiger partial charge in [-0.15, -0.1) is 0 Å². The highest BCUT2D eigenvalue weighted by atomic mass is 32.2. The van der Waals surface area contributed by atoms with E-state index >= 15 is 0 Å². The average molecular weight is 268 g/mol. The van der Waals surface area contributed by atoms with E-state index in [4.69, 9.17) is 4.74 Å². The van der Waals surface area contributed by atoms with Gasteiger partial charge in [-0.25, -0.2) is 4.31 Å². The summed E-state index contributed by atoms with van der Waals surface area (Å²) in [6.07, 6.45) is 0.443. The van der Waals surface area contributed by atoms with Crippen molar-refractivity contribution >= 4 is 17.6 Å². The molecule has 0 N–H and O–H groups in total. The van der Waals surface area contributed by atoms with Crippen molar-refractivity contribution in [2.45, 2.75) is 31.0 Å². The number of ether oxygens (including phenoxy) is 1. The van der Waals surface area contributed by atoms with Crippen LogP contribution in [0.15, 0.2) is 29.2 Å². The molecule has 2 rings (SSSR count). The van der Waals surface area contributed by atoms with Gasteiger partial charge in [-0.3, -0.25) is 10.1 Å². The van der Waals surface area contributed by atoms with Crippen LogP contribution in [0.2, 0.25) is 0 Å². The number of benzene rings is 1. The molecule has 1 aromatic carbocycles. The first kappa shape index (κ1) is 13.3. The Morgan fingerprint density at radius 3 is 2.33 bits per heavy atom. The molecule has 0 spiro atoms. The number of non-ortho nitro benzene ring substituents is 1. The molecule has 1 heterocycles. The first-order valence-corrected chi connectivity index (χ1v) is 6.65. The largest absolute Gasteiger partial charge is 0.373 e. The quantitative estimate of drug-likeness (QED) is 0.479. The number of nitrogens with zero attached hydrogens (tertiary/aromatic N) is 2. The molecular formula is C12H16N2O3S. The number of rotatable bonds is 3. The number of hydrogen-bond donors (Lipinski definition) is 0. The van der Waals surface area contributed by atoms with Crippen LogP contribution in [0.4, 0.5) is 5.69 Å². The van der Waals surface area contributed by atoms with E-state index in [9.17, 15) is 10.1 Å². The Kier molecular flexibility index (Phi) is 4.21. The van der Waals surface area contributed by atoms with Crippen molar-refractivity contribution < 1.29 is 9.66 Å². The van der Waals surface area contributed by atoms with E-state index in [1.165, 1.54) is 12.1 Å². The summed E-state index contributed by atoms with van der Waals surface area (Å²) in [6, 6.07) is 6.65. The van der Waals surface area contributed by atoms with Gasteiger partial charge >= 0.3 is 0 Å². The van der Waals surface area contributed by atoms with E-state index in [0.717, 1.165) is 18.0 Å². The van der Waals surface area contributed by atoms with Crippen LogP contribution in [0.5, 0.6) is 0 Å². The van der Waals surface area contributed by atoms with Crippen molar-refractivity contribution in [1.29, 1.82) is 0 Å². The van der Waals surface area contributed by atoms with Crippen LogP contribution in [0.25, 0.3) is 0 Å². The molecule has 5 nitrogen and oxygen atoms in total. The molecule has 1 aliphatic rings. The minimum absolute atomic E-state index is 0.128. The molecule has 0 unspecified atom stereocenters. The van der Waals surface area contributed by atoms with Gasteiger partial charge in [-0.1, -0.05) is 0 Å². The maximum atomic E-state index is 10.6. The van der Waals surface area contributed by atoms with Gasteiger partial charge in [0.2, 0.25) is 0 Å². The van der Waals surface area contributed by atoms with E-state index in [1.807, 2.05) is 0 Å². The lowest BCUT2D eigenvalue weighted by Crippen LogP contribution is -2.41. The second-order valence-electron chi connectivity index (χ2n) is 4.45. The van der Waals surface area contributed by atoms with Crippen LogP contribution in [0, 0.1) is 10.1 Å². The third-order valence-corrected chi connectivity index (χ3v) is 3.71. The molecule has 0 aromatic heterocycles. The van der Waals surface area contributed by atoms with Gasteiger partial charge in [0.25, 0.3) is 5.69 Å². The van der Waals surface area contributed by atoms with Gasteiger partial charge in [0.05, 0.1) is 17.1 Å². The first-order chi connectivity index (χ1) is 8.54. The molecular weight excluding hydrogens is 252 g/mol. The van der Waals surface area contributed by atoms with E-state index < -0.39 is 0 Å². The van der Waals surface area contributed by atoms with Crippen molar-refractivity contribution in [3.8, 4) is 0 Å². The lowest BCUT2D eigenvalue weighted by Gasteiger charge is -2.34. The van der Waals surface area contributed by atoms with E-state index in [1.54, 1.807) is 24.1 Å². The zero-order valence-electron chi connectivity index (χ0n) is 10.4. The summed E-state index contributed by atoms with van der Waals surface area (Å²) < 4.78 is 7.90. The van der Waals surface area contributed by atoms with E-state index in [0.29, 0.717) is 0 Å². The number of hydrogen-bond acceptors (Lipinski definition) is 5. The van der Waals surface area contributed by atoms with Crippen molar-refractivity contribution in [2.75, 3.05) is 13.1 Å². The molecule has 1 saturated heterocycles. The highest BCUT2D eigenvalue weighted by Gasteiger charge is 2.22. The Bertz CT molecular complexity index is 414. The molecule has 18 heavy (non-hydrogen) atoms. The third-order valence-electron chi connectivity index (χ3n) is 2.67. The first-order valence-electron chi connectivity index (χ1n) is 5.87. The predicted octanol–water partition coefficient (Wildman–Crippen LogP) is 2.71. The smallest absolute Gasteiger partial charge is 0.269 e. The van der Waals surface area contributed by atoms with Gasteiger partial charge in [0, 0.05) is 30.1 Å².